The molecule has 0 bridgehead atoms. The largest absolute Gasteiger partial charge is 0.462 e. The minimum atomic E-state index is -0.332. The van der Waals surface area contributed by atoms with Gasteiger partial charge in [-0.1, -0.05) is 6.42 Å². The number of carbonyl (C=O) groups is 2. The van der Waals surface area contributed by atoms with Gasteiger partial charge in [0.15, 0.2) is 0 Å². The summed E-state index contributed by atoms with van der Waals surface area (Å²) in [4.78, 5) is 28.5. The van der Waals surface area contributed by atoms with E-state index in [1.54, 1.807) is 11.6 Å². The Morgan fingerprint density at radius 3 is 2.76 bits per heavy atom. The third-order valence-corrected chi connectivity index (χ3v) is 6.33. The van der Waals surface area contributed by atoms with Crippen molar-refractivity contribution < 1.29 is 14.3 Å². The lowest BCUT2D eigenvalue weighted by molar-refractivity contribution is -0.117. The van der Waals surface area contributed by atoms with E-state index in [2.05, 4.69) is 10.4 Å². The van der Waals surface area contributed by atoms with Gasteiger partial charge in [0, 0.05) is 30.2 Å². The minimum Gasteiger partial charge on any atom is -0.462 e. The van der Waals surface area contributed by atoms with Gasteiger partial charge in [-0.15, -0.1) is 11.3 Å². The van der Waals surface area contributed by atoms with Crippen molar-refractivity contribution >= 4 is 28.2 Å². The van der Waals surface area contributed by atoms with Gasteiger partial charge in [0.05, 0.1) is 24.4 Å². The summed E-state index contributed by atoms with van der Waals surface area (Å²) >= 11 is 1.53. The molecule has 2 heterocycles. The maximum Gasteiger partial charge on any atom is 0.341 e. The predicted molar refractivity (Wildman–Crippen MR) is 114 cm³/mol. The molecule has 0 saturated carbocycles. The number of thiophene rings is 1. The number of amides is 1. The Hall–Kier alpha value is -2.19. The topological polar surface area (TPSA) is 76.5 Å². The van der Waals surface area contributed by atoms with E-state index in [0.717, 1.165) is 42.5 Å². The van der Waals surface area contributed by atoms with Crippen molar-refractivity contribution in [3.8, 4) is 0 Å². The summed E-state index contributed by atoms with van der Waals surface area (Å²) in [5.74, 6) is -0.461. The lowest BCUT2D eigenvalue weighted by atomic mass is 10.1. The Balaban J connectivity index is 1.72. The van der Waals surface area contributed by atoms with E-state index in [9.17, 15) is 9.59 Å². The van der Waals surface area contributed by atoms with Crippen LogP contribution in [0.3, 0.4) is 0 Å². The molecule has 7 nitrogen and oxygen atoms in total. The van der Waals surface area contributed by atoms with Crippen molar-refractivity contribution in [2.24, 2.45) is 7.05 Å². The zero-order valence-electron chi connectivity index (χ0n) is 17.7. The van der Waals surface area contributed by atoms with Crippen molar-refractivity contribution in [3.05, 3.63) is 33.5 Å². The average Bonchev–Trinajstić information content (AvgIpc) is 3.03. The fourth-order valence-corrected chi connectivity index (χ4v) is 5.11. The smallest absolute Gasteiger partial charge is 0.341 e. The third-order valence-electron chi connectivity index (χ3n) is 5.12. The molecule has 3 rings (SSSR count). The molecule has 2 aromatic rings. The van der Waals surface area contributed by atoms with Crippen LogP contribution in [-0.4, -0.2) is 46.8 Å². The molecule has 0 fully saturated rings. The van der Waals surface area contributed by atoms with Crippen molar-refractivity contribution in [3.63, 3.8) is 0 Å². The number of fused-ring (bicyclic) bond motifs is 1. The molecule has 1 aliphatic carbocycles. The van der Waals surface area contributed by atoms with E-state index in [-0.39, 0.29) is 18.4 Å². The Kier molecular flexibility index (Phi) is 7.08. The van der Waals surface area contributed by atoms with Gasteiger partial charge >= 0.3 is 5.97 Å². The molecule has 0 radical (unpaired) electrons. The average molecular weight is 419 g/mol. The number of anilines is 1. The van der Waals surface area contributed by atoms with Crippen LogP contribution in [0.25, 0.3) is 0 Å². The van der Waals surface area contributed by atoms with Crippen molar-refractivity contribution in [2.75, 3.05) is 25.5 Å². The number of likely N-dealkylation sites (N-methyl/N-ethyl adjacent to an activating group) is 1. The molecule has 8 heteroatoms. The molecule has 1 amide bonds. The normalized spacial score (nSPS) is 13.8. The van der Waals surface area contributed by atoms with E-state index in [1.807, 2.05) is 32.1 Å². The molecule has 0 saturated heterocycles. The van der Waals surface area contributed by atoms with Gasteiger partial charge in [0.1, 0.15) is 5.00 Å². The zero-order chi connectivity index (χ0) is 21.0. The lowest BCUT2D eigenvalue weighted by Gasteiger charge is -2.16. The van der Waals surface area contributed by atoms with Gasteiger partial charge in [0.2, 0.25) is 5.91 Å². The molecule has 0 unspecified atom stereocenters. The van der Waals surface area contributed by atoms with Gasteiger partial charge in [-0.2, -0.15) is 5.10 Å². The fourth-order valence-electron chi connectivity index (χ4n) is 3.81. The number of esters is 1. The maximum absolute atomic E-state index is 12.7. The molecular weight excluding hydrogens is 388 g/mol. The first kappa shape index (κ1) is 21.5. The van der Waals surface area contributed by atoms with E-state index in [1.165, 1.54) is 22.6 Å². The van der Waals surface area contributed by atoms with E-state index in [0.29, 0.717) is 23.7 Å². The molecule has 1 N–H and O–H groups in total. The van der Waals surface area contributed by atoms with Gasteiger partial charge in [-0.05, 0) is 52.1 Å². The second-order valence-corrected chi connectivity index (χ2v) is 8.73. The number of carbonyl (C=O) groups excluding carboxylic acids is 2. The summed E-state index contributed by atoms with van der Waals surface area (Å²) in [6.07, 6.45) is 7.16. The van der Waals surface area contributed by atoms with Gasteiger partial charge in [0.25, 0.3) is 0 Å². The number of nitrogens with one attached hydrogen (secondary N) is 1. The van der Waals surface area contributed by atoms with Gasteiger partial charge in [-0.3, -0.25) is 14.4 Å². The molecular formula is C21H30N4O3S. The van der Waals surface area contributed by atoms with Gasteiger partial charge < -0.3 is 10.1 Å². The van der Waals surface area contributed by atoms with Crippen LogP contribution in [0.1, 0.15) is 58.2 Å². The number of hydrogen-bond donors (Lipinski definition) is 1. The highest BCUT2D eigenvalue weighted by molar-refractivity contribution is 7.17. The molecule has 29 heavy (non-hydrogen) atoms. The third kappa shape index (κ3) is 5.25. The number of aromatic nitrogens is 2. The highest BCUT2D eigenvalue weighted by Gasteiger charge is 2.26. The Labute approximate surface area is 176 Å². The van der Waals surface area contributed by atoms with Crippen LogP contribution >= 0.6 is 11.3 Å². The first-order valence-corrected chi connectivity index (χ1v) is 11.0. The number of rotatable bonds is 7. The summed E-state index contributed by atoms with van der Waals surface area (Å²) in [6.45, 7) is 4.96. The lowest BCUT2D eigenvalue weighted by Crippen LogP contribution is -2.30. The Morgan fingerprint density at radius 2 is 2.07 bits per heavy atom. The van der Waals surface area contributed by atoms with Crippen molar-refractivity contribution in [1.29, 1.82) is 0 Å². The van der Waals surface area contributed by atoms with Crippen molar-refractivity contribution in [1.82, 2.24) is 14.7 Å². The highest BCUT2D eigenvalue weighted by atomic mass is 32.1. The minimum absolute atomic E-state index is 0.129. The van der Waals surface area contributed by atoms with E-state index in [4.69, 9.17) is 4.74 Å². The molecule has 0 aliphatic heterocycles. The molecule has 158 valence electrons. The summed E-state index contributed by atoms with van der Waals surface area (Å²) in [5, 5.41) is 7.96. The van der Waals surface area contributed by atoms with Crippen LogP contribution in [0.5, 0.6) is 0 Å². The highest BCUT2D eigenvalue weighted by Crippen LogP contribution is 2.38. The molecule has 0 atom stereocenters. The summed E-state index contributed by atoms with van der Waals surface area (Å²) in [6, 6.07) is 0. The Bertz CT molecular complexity index is 887. The molecule has 2 aromatic heterocycles. The second-order valence-electron chi connectivity index (χ2n) is 7.62. The summed E-state index contributed by atoms with van der Waals surface area (Å²) in [5.41, 5.74) is 3.69. The zero-order valence-corrected chi connectivity index (χ0v) is 18.5. The van der Waals surface area contributed by atoms with Crippen LogP contribution in [-0.2, 0) is 36.0 Å². The summed E-state index contributed by atoms with van der Waals surface area (Å²) in [7, 11) is 3.79. The first-order valence-electron chi connectivity index (χ1n) is 10.2. The number of aryl methyl sites for hydroxylation is 3. The number of nitrogens with zero attached hydrogens (tertiary/aromatic N) is 3. The fraction of sp³-hybridized carbons (Fsp3) is 0.571. The number of hydrogen-bond acceptors (Lipinski definition) is 6. The monoisotopic (exact) mass is 418 g/mol. The van der Waals surface area contributed by atoms with Crippen LogP contribution in [0.4, 0.5) is 5.00 Å². The molecule has 0 aromatic carbocycles. The van der Waals surface area contributed by atoms with Crippen molar-refractivity contribution in [2.45, 2.75) is 52.5 Å². The summed E-state index contributed by atoms with van der Waals surface area (Å²) < 4.78 is 7.07. The second kappa shape index (κ2) is 9.54. The Morgan fingerprint density at radius 1 is 1.31 bits per heavy atom. The van der Waals surface area contributed by atoms with Crippen LogP contribution in [0, 0.1) is 6.92 Å². The first-order chi connectivity index (χ1) is 13.9. The van der Waals surface area contributed by atoms with E-state index >= 15 is 0 Å². The van der Waals surface area contributed by atoms with Crippen LogP contribution < -0.4 is 5.32 Å². The quantitative estimate of drug-likeness (QED) is 0.551. The molecule has 1 aliphatic rings. The number of ether oxygens (including phenoxy) is 1. The van der Waals surface area contributed by atoms with Crippen LogP contribution in [0.15, 0.2) is 6.20 Å². The standard InChI is InChI=1S/C21H30N4O3S/c1-5-28-21(27)19-16-9-7-6-8-10-17(16)29-20(19)22-18(26)13-24(3)11-15-12-25(4)23-14(15)2/h12H,5-11,13H2,1-4H3,(H,22,26). The van der Waals surface area contributed by atoms with Gasteiger partial charge in [-0.25, -0.2) is 4.79 Å². The maximum atomic E-state index is 12.7. The molecule has 0 spiro atoms. The predicted octanol–water partition coefficient (Wildman–Crippen LogP) is 3.31. The van der Waals surface area contributed by atoms with Crippen LogP contribution in [0.2, 0.25) is 0 Å². The van der Waals surface area contributed by atoms with E-state index < -0.39 is 0 Å². The SMILES string of the molecule is CCOC(=O)c1c(NC(=O)CN(C)Cc2cn(C)nc2C)sc2c1CCCCC2.